The summed E-state index contributed by atoms with van der Waals surface area (Å²) < 4.78 is 0. The lowest BCUT2D eigenvalue weighted by Crippen LogP contribution is -2.52. The zero-order chi connectivity index (χ0) is 15.6. The molecule has 0 amide bonds. The van der Waals surface area contributed by atoms with Crippen LogP contribution >= 0.6 is 0 Å². The van der Waals surface area contributed by atoms with Crippen molar-refractivity contribution in [3.05, 3.63) is 39.4 Å². The maximum atomic E-state index is 11.1. The molecule has 1 N–H and O–H groups in total. The van der Waals surface area contributed by atoms with E-state index in [0.29, 0.717) is 17.6 Å². The van der Waals surface area contributed by atoms with E-state index in [0.717, 1.165) is 5.56 Å². The van der Waals surface area contributed by atoms with Gasteiger partial charge in [0.25, 0.3) is 5.69 Å². The predicted molar refractivity (Wildman–Crippen MR) is 84.0 cm³/mol. The standard InChI is InChI=1S/C16H25N3O2/c1-11-8-9-15(10-16(11)19(20)21)14(4)17-18-12(2)6-5-7-13(18)3/h8-10,12-14,17H,5-7H2,1-4H3. The Hall–Kier alpha value is -1.46. The van der Waals surface area contributed by atoms with Gasteiger partial charge in [-0.1, -0.05) is 18.6 Å². The maximum absolute atomic E-state index is 11.1. The molecule has 116 valence electrons. The Morgan fingerprint density at radius 1 is 1.33 bits per heavy atom. The van der Waals surface area contributed by atoms with Crippen LogP contribution in [0.25, 0.3) is 0 Å². The molecule has 0 aromatic heterocycles. The Bertz CT molecular complexity index is 508. The fourth-order valence-electron chi connectivity index (χ4n) is 3.07. The molecule has 1 heterocycles. The van der Waals surface area contributed by atoms with Gasteiger partial charge < -0.3 is 0 Å². The lowest BCUT2D eigenvalue weighted by Gasteiger charge is -2.40. The average molecular weight is 291 g/mol. The molecule has 3 atom stereocenters. The van der Waals surface area contributed by atoms with Gasteiger partial charge in [-0.2, -0.15) is 0 Å². The number of nitrogens with zero attached hydrogens (tertiary/aromatic N) is 2. The Morgan fingerprint density at radius 3 is 2.52 bits per heavy atom. The number of benzene rings is 1. The molecule has 1 aromatic rings. The highest BCUT2D eigenvalue weighted by atomic mass is 16.6. The van der Waals surface area contributed by atoms with Crippen LogP contribution in [0.4, 0.5) is 5.69 Å². The van der Waals surface area contributed by atoms with Gasteiger partial charge in [-0.3, -0.25) is 10.1 Å². The molecule has 1 aliphatic heterocycles. The van der Waals surface area contributed by atoms with Crippen LogP contribution in [0.5, 0.6) is 0 Å². The van der Waals surface area contributed by atoms with Gasteiger partial charge in [-0.25, -0.2) is 10.4 Å². The normalized spacial score (nSPS) is 24.8. The number of nitrogens with one attached hydrogen (secondary N) is 1. The van der Waals surface area contributed by atoms with Crippen LogP contribution in [-0.2, 0) is 0 Å². The summed E-state index contributed by atoms with van der Waals surface area (Å²) in [5.41, 5.74) is 5.39. The summed E-state index contributed by atoms with van der Waals surface area (Å²) in [7, 11) is 0. The SMILES string of the molecule is Cc1ccc(C(C)NN2C(C)CCCC2C)cc1[N+](=O)[O-]. The molecule has 3 unspecified atom stereocenters. The first kappa shape index (κ1) is 15.9. The summed E-state index contributed by atoms with van der Waals surface area (Å²) in [5, 5.41) is 13.4. The van der Waals surface area contributed by atoms with Crippen molar-refractivity contribution in [3.8, 4) is 0 Å². The van der Waals surface area contributed by atoms with E-state index in [9.17, 15) is 10.1 Å². The lowest BCUT2D eigenvalue weighted by atomic mass is 9.99. The number of hydrogen-bond acceptors (Lipinski definition) is 4. The average Bonchev–Trinajstić information content (AvgIpc) is 2.43. The van der Waals surface area contributed by atoms with Crippen LogP contribution in [-0.4, -0.2) is 22.0 Å². The van der Waals surface area contributed by atoms with Crippen molar-refractivity contribution in [1.82, 2.24) is 10.4 Å². The minimum absolute atomic E-state index is 0.0623. The van der Waals surface area contributed by atoms with Gasteiger partial charge in [-0.05, 0) is 46.1 Å². The molecule has 0 aliphatic carbocycles. The van der Waals surface area contributed by atoms with Gasteiger partial charge in [-0.15, -0.1) is 0 Å². The highest BCUT2D eigenvalue weighted by Crippen LogP contribution is 2.26. The van der Waals surface area contributed by atoms with Crippen LogP contribution in [0.15, 0.2) is 18.2 Å². The Labute approximate surface area is 126 Å². The lowest BCUT2D eigenvalue weighted by molar-refractivity contribution is -0.385. The predicted octanol–water partition coefficient (Wildman–Crippen LogP) is 3.73. The summed E-state index contributed by atoms with van der Waals surface area (Å²) in [6.07, 6.45) is 3.65. The largest absolute Gasteiger partial charge is 0.272 e. The Kier molecular flexibility index (Phi) is 4.96. The van der Waals surface area contributed by atoms with Gasteiger partial charge in [0.1, 0.15) is 0 Å². The van der Waals surface area contributed by atoms with E-state index in [1.54, 1.807) is 13.0 Å². The number of nitro benzene ring substituents is 1. The van der Waals surface area contributed by atoms with Gasteiger partial charge >= 0.3 is 0 Å². The number of piperidine rings is 1. The summed E-state index contributed by atoms with van der Waals surface area (Å²) in [6.45, 7) is 8.29. The summed E-state index contributed by atoms with van der Waals surface area (Å²) in [6, 6.07) is 6.54. The molecule has 5 nitrogen and oxygen atoms in total. The second-order valence-corrected chi connectivity index (χ2v) is 6.19. The molecule has 0 bridgehead atoms. The van der Waals surface area contributed by atoms with Crippen LogP contribution in [0, 0.1) is 17.0 Å². The van der Waals surface area contributed by atoms with Gasteiger partial charge in [0.2, 0.25) is 0 Å². The highest BCUT2D eigenvalue weighted by molar-refractivity contribution is 5.43. The molecule has 2 rings (SSSR count). The van der Waals surface area contributed by atoms with Crippen molar-refractivity contribution >= 4 is 5.69 Å². The Morgan fingerprint density at radius 2 is 1.95 bits per heavy atom. The molecular weight excluding hydrogens is 266 g/mol. The first-order valence-corrected chi connectivity index (χ1v) is 7.69. The number of hydrazine groups is 1. The first-order chi connectivity index (χ1) is 9.90. The third kappa shape index (κ3) is 3.60. The minimum atomic E-state index is -0.308. The van der Waals surface area contributed by atoms with Gasteiger partial charge in [0.15, 0.2) is 0 Å². The zero-order valence-corrected chi connectivity index (χ0v) is 13.3. The molecule has 1 aliphatic rings. The fourth-order valence-corrected chi connectivity index (χ4v) is 3.07. The second kappa shape index (κ2) is 6.54. The van der Waals surface area contributed by atoms with E-state index in [4.69, 9.17) is 0 Å². The number of hydrogen-bond donors (Lipinski definition) is 1. The summed E-state index contributed by atoms with van der Waals surface area (Å²) in [5.74, 6) is 0. The van der Waals surface area contributed by atoms with Crippen molar-refractivity contribution in [2.45, 2.75) is 65.1 Å². The first-order valence-electron chi connectivity index (χ1n) is 7.69. The molecule has 0 radical (unpaired) electrons. The molecule has 1 saturated heterocycles. The molecule has 0 spiro atoms. The van der Waals surface area contributed by atoms with E-state index in [1.165, 1.54) is 19.3 Å². The van der Waals surface area contributed by atoms with Crippen molar-refractivity contribution < 1.29 is 4.92 Å². The quantitative estimate of drug-likeness (QED) is 0.678. The third-order valence-electron chi connectivity index (χ3n) is 4.47. The van der Waals surface area contributed by atoms with E-state index in [1.807, 2.05) is 12.1 Å². The molecule has 0 saturated carbocycles. The smallest absolute Gasteiger partial charge is 0.258 e. The van der Waals surface area contributed by atoms with E-state index < -0.39 is 0 Å². The Balaban J connectivity index is 2.14. The maximum Gasteiger partial charge on any atom is 0.272 e. The van der Waals surface area contributed by atoms with Crippen molar-refractivity contribution in [3.63, 3.8) is 0 Å². The number of nitro groups is 1. The molecular formula is C16H25N3O2. The van der Waals surface area contributed by atoms with Crippen LogP contribution in [0.3, 0.4) is 0 Å². The van der Waals surface area contributed by atoms with Crippen LogP contribution < -0.4 is 5.43 Å². The third-order valence-corrected chi connectivity index (χ3v) is 4.47. The van der Waals surface area contributed by atoms with Gasteiger partial charge in [0.05, 0.1) is 4.92 Å². The van der Waals surface area contributed by atoms with E-state index in [2.05, 4.69) is 31.2 Å². The zero-order valence-electron chi connectivity index (χ0n) is 13.3. The fraction of sp³-hybridized carbons (Fsp3) is 0.625. The number of rotatable bonds is 4. The number of aryl methyl sites for hydroxylation is 1. The monoisotopic (exact) mass is 291 g/mol. The van der Waals surface area contributed by atoms with Gasteiger partial charge in [0, 0.05) is 29.8 Å². The summed E-state index contributed by atoms with van der Waals surface area (Å²) in [4.78, 5) is 10.8. The van der Waals surface area contributed by atoms with E-state index in [-0.39, 0.29) is 16.7 Å². The molecule has 1 aromatic carbocycles. The molecule has 21 heavy (non-hydrogen) atoms. The van der Waals surface area contributed by atoms with Crippen molar-refractivity contribution in [1.29, 1.82) is 0 Å². The van der Waals surface area contributed by atoms with Crippen molar-refractivity contribution in [2.75, 3.05) is 0 Å². The second-order valence-electron chi connectivity index (χ2n) is 6.19. The van der Waals surface area contributed by atoms with Crippen molar-refractivity contribution in [2.24, 2.45) is 0 Å². The van der Waals surface area contributed by atoms with Crippen LogP contribution in [0.1, 0.15) is 57.2 Å². The molecule has 1 fully saturated rings. The topological polar surface area (TPSA) is 58.4 Å². The van der Waals surface area contributed by atoms with E-state index >= 15 is 0 Å². The molecule has 5 heteroatoms. The summed E-state index contributed by atoms with van der Waals surface area (Å²) >= 11 is 0. The minimum Gasteiger partial charge on any atom is -0.258 e. The highest BCUT2D eigenvalue weighted by Gasteiger charge is 2.26. The van der Waals surface area contributed by atoms with Crippen LogP contribution in [0.2, 0.25) is 0 Å².